The van der Waals surface area contributed by atoms with E-state index in [0.717, 1.165) is 0 Å². The van der Waals surface area contributed by atoms with Crippen molar-refractivity contribution >= 4 is 27.3 Å². The molecule has 3 atom stereocenters. The molecule has 2 aromatic carbocycles. The molecule has 5 rings (SSSR count). The molecule has 148 valence electrons. The van der Waals surface area contributed by atoms with Gasteiger partial charge in [-0.2, -0.15) is 0 Å². The van der Waals surface area contributed by atoms with E-state index in [1.807, 2.05) is 0 Å². The number of carboxylic acid groups (broad SMARTS) is 1. The van der Waals surface area contributed by atoms with Gasteiger partial charge < -0.3 is 15.1 Å². The Balaban J connectivity index is 1.66. The van der Waals surface area contributed by atoms with E-state index in [9.17, 15) is 28.2 Å². The summed E-state index contributed by atoms with van der Waals surface area (Å²) >= 11 is 0. The lowest BCUT2D eigenvalue weighted by Gasteiger charge is -2.44. The average Bonchev–Trinajstić information content (AvgIpc) is 3.12. The summed E-state index contributed by atoms with van der Waals surface area (Å²) < 4.78 is 25.5. The molecule has 2 N–H and O–H groups in total. The molecule has 29 heavy (non-hydrogen) atoms. The Hall–Kier alpha value is -2.97. The number of aliphatic carboxylic acids is 1. The van der Waals surface area contributed by atoms with Gasteiger partial charge in [-0.15, -0.1) is 0 Å². The molecule has 0 aromatic heterocycles. The first-order valence-corrected chi connectivity index (χ1v) is 10.7. The molecular weight excluding hydrogens is 394 g/mol. The number of amides is 1. The second kappa shape index (κ2) is 5.77. The first-order chi connectivity index (χ1) is 13.7. The van der Waals surface area contributed by atoms with Crippen molar-refractivity contribution in [1.82, 2.24) is 4.90 Å². The monoisotopic (exact) mass is 411 g/mol. The summed E-state index contributed by atoms with van der Waals surface area (Å²) in [5.74, 6) is -2.24. The third kappa shape index (κ3) is 2.24. The van der Waals surface area contributed by atoms with Crippen LogP contribution < -0.4 is 0 Å². The van der Waals surface area contributed by atoms with Gasteiger partial charge in [0.05, 0.1) is 27.9 Å². The van der Waals surface area contributed by atoms with Gasteiger partial charge in [0, 0.05) is 11.1 Å². The molecule has 3 aliphatic rings. The van der Waals surface area contributed by atoms with Gasteiger partial charge in [-0.05, 0) is 42.7 Å². The van der Waals surface area contributed by atoms with Gasteiger partial charge in [-0.3, -0.25) is 4.79 Å². The highest BCUT2D eigenvalue weighted by molar-refractivity contribution is 7.92. The van der Waals surface area contributed by atoms with Crippen molar-refractivity contribution in [2.24, 2.45) is 5.92 Å². The number of carboxylic acids is 1. The van der Waals surface area contributed by atoms with Gasteiger partial charge in [0.25, 0.3) is 0 Å². The van der Waals surface area contributed by atoms with Crippen molar-refractivity contribution in [3.63, 3.8) is 0 Å². The van der Waals surface area contributed by atoms with E-state index in [-0.39, 0.29) is 15.5 Å². The van der Waals surface area contributed by atoms with Crippen LogP contribution in [0.2, 0.25) is 0 Å². The fourth-order valence-electron chi connectivity index (χ4n) is 4.73. The minimum absolute atomic E-state index is 0.0917. The largest absolute Gasteiger partial charge is 0.477 e. The number of hydrogen-bond acceptors (Lipinski definition) is 5. The standard InChI is InChI=1S/C21H17NO6S/c1-10(23)18-15-9-13(19(21(25)26)22(15)20(18)24)11-6-7-17-14(8-11)12-4-2-3-5-16(12)29(17,27)28/h2-8,10,15,18,23H,9H2,1H3,(H,25,26)/t10-,15-,18-/m1/s1. The molecule has 1 amide bonds. The number of sulfone groups is 1. The van der Waals surface area contributed by atoms with Crippen molar-refractivity contribution in [3.05, 3.63) is 53.7 Å². The first-order valence-electron chi connectivity index (χ1n) is 9.20. The first kappa shape index (κ1) is 18.1. The Bertz CT molecular complexity index is 1240. The van der Waals surface area contributed by atoms with Crippen LogP contribution >= 0.6 is 0 Å². The Morgan fingerprint density at radius 3 is 2.52 bits per heavy atom. The summed E-state index contributed by atoms with van der Waals surface area (Å²) in [5.41, 5.74) is 2.07. The molecule has 3 aliphatic heterocycles. The van der Waals surface area contributed by atoms with E-state index in [2.05, 4.69) is 0 Å². The predicted molar refractivity (Wildman–Crippen MR) is 102 cm³/mol. The molecule has 0 spiro atoms. The normalized spacial score (nSPS) is 24.6. The number of aliphatic hydroxyl groups is 1. The van der Waals surface area contributed by atoms with Crippen molar-refractivity contribution in [1.29, 1.82) is 0 Å². The second-order valence-corrected chi connectivity index (χ2v) is 9.48. The van der Waals surface area contributed by atoms with Crippen molar-refractivity contribution < 1.29 is 28.2 Å². The molecular formula is C21H17NO6S. The molecule has 0 saturated carbocycles. The molecule has 0 radical (unpaired) electrons. The molecule has 0 bridgehead atoms. The Kier molecular flexibility index (Phi) is 3.60. The van der Waals surface area contributed by atoms with E-state index in [0.29, 0.717) is 28.7 Å². The average molecular weight is 411 g/mol. The summed E-state index contributed by atoms with van der Waals surface area (Å²) in [7, 11) is -3.60. The highest BCUT2D eigenvalue weighted by Crippen LogP contribution is 2.49. The number of carbonyl (C=O) groups excluding carboxylic acids is 1. The van der Waals surface area contributed by atoms with Crippen molar-refractivity contribution in [2.45, 2.75) is 35.3 Å². The van der Waals surface area contributed by atoms with E-state index >= 15 is 0 Å². The van der Waals surface area contributed by atoms with Crippen LogP contribution in [-0.2, 0) is 19.4 Å². The van der Waals surface area contributed by atoms with Gasteiger partial charge in [0.15, 0.2) is 0 Å². The lowest BCUT2D eigenvalue weighted by Crippen LogP contribution is -2.61. The molecule has 3 heterocycles. The van der Waals surface area contributed by atoms with E-state index in [1.165, 1.54) is 17.9 Å². The fourth-order valence-corrected chi connectivity index (χ4v) is 6.40. The minimum atomic E-state index is -3.60. The second-order valence-electron chi connectivity index (χ2n) is 7.59. The van der Waals surface area contributed by atoms with Gasteiger partial charge in [-0.1, -0.05) is 24.3 Å². The lowest BCUT2D eigenvalue weighted by molar-refractivity contribution is -0.161. The van der Waals surface area contributed by atoms with Crippen LogP contribution in [0.4, 0.5) is 0 Å². The third-order valence-corrected chi connectivity index (χ3v) is 7.89. The number of rotatable bonds is 3. The highest BCUT2D eigenvalue weighted by atomic mass is 32.2. The topological polar surface area (TPSA) is 112 Å². The zero-order valence-corrected chi connectivity index (χ0v) is 16.2. The van der Waals surface area contributed by atoms with E-state index < -0.39 is 39.8 Å². The van der Waals surface area contributed by atoms with Gasteiger partial charge in [0.2, 0.25) is 15.7 Å². The van der Waals surface area contributed by atoms with Crippen LogP contribution in [-0.4, -0.2) is 47.6 Å². The molecule has 2 aromatic rings. The summed E-state index contributed by atoms with van der Waals surface area (Å²) in [6.07, 6.45) is -0.564. The van der Waals surface area contributed by atoms with Crippen molar-refractivity contribution in [2.75, 3.05) is 0 Å². The highest BCUT2D eigenvalue weighted by Gasteiger charge is 2.56. The maximum atomic E-state index is 12.8. The number of carbonyl (C=O) groups is 2. The van der Waals surface area contributed by atoms with Crippen LogP contribution in [0, 0.1) is 5.92 Å². The molecule has 8 heteroatoms. The molecule has 7 nitrogen and oxygen atoms in total. The van der Waals surface area contributed by atoms with Gasteiger partial charge >= 0.3 is 5.97 Å². The molecule has 1 fully saturated rings. The maximum absolute atomic E-state index is 12.8. The predicted octanol–water partition coefficient (Wildman–Crippen LogP) is 1.91. The number of benzene rings is 2. The number of nitrogens with zero attached hydrogens (tertiary/aromatic N) is 1. The Morgan fingerprint density at radius 2 is 1.83 bits per heavy atom. The van der Waals surface area contributed by atoms with Crippen LogP contribution in [0.3, 0.4) is 0 Å². The van der Waals surface area contributed by atoms with Crippen LogP contribution in [0.1, 0.15) is 18.9 Å². The lowest BCUT2D eigenvalue weighted by atomic mass is 9.82. The van der Waals surface area contributed by atoms with E-state index in [1.54, 1.807) is 36.4 Å². The van der Waals surface area contributed by atoms with Crippen LogP contribution in [0.25, 0.3) is 16.7 Å². The van der Waals surface area contributed by atoms with Crippen LogP contribution in [0.15, 0.2) is 58.0 Å². The fraction of sp³-hybridized carbons (Fsp3) is 0.238. The van der Waals surface area contributed by atoms with Crippen molar-refractivity contribution in [3.8, 4) is 11.1 Å². The number of β-lactam (4-membered cyclic amide) rings is 1. The summed E-state index contributed by atoms with van der Waals surface area (Å²) in [5, 5.41) is 19.6. The van der Waals surface area contributed by atoms with Crippen LogP contribution in [0.5, 0.6) is 0 Å². The number of aliphatic hydroxyl groups excluding tert-OH is 1. The maximum Gasteiger partial charge on any atom is 0.352 e. The zero-order chi connectivity index (χ0) is 20.7. The Labute approximate surface area is 166 Å². The number of fused-ring (bicyclic) bond motifs is 4. The number of hydrogen-bond donors (Lipinski definition) is 2. The SMILES string of the molecule is C[C@@H](O)[C@H]1C(=O)N2C(C(=O)O)=C(c3ccc4c(c3)-c3ccccc3S4(=O)=O)C[C@H]12. The quantitative estimate of drug-likeness (QED) is 0.637. The molecule has 1 saturated heterocycles. The van der Waals surface area contributed by atoms with Gasteiger partial charge in [0.1, 0.15) is 5.70 Å². The zero-order valence-electron chi connectivity index (χ0n) is 15.4. The van der Waals surface area contributed by atoms with E-state index in [4.69, 9.17) is 0 Å². The molecule has 0 unspecified atom stereocenters. The smallest absolute Gasteiger partial charge is 0.352 e. The summed E-state index contributed by atoms with van der Waals surface area (Å²) in [6.45, 7) is 1.52. The Morgan fingerprint density at radius 1 is 1.14 bits per heavy atom. The summed E-state index contributed by atoms with van der Waals surface area (Å²) in [4.78, 5) is 26.0. The summed E-state index contributed by atoms with van der Waals surface area (Å²) in [6, 6.07) is 11.1. The minimum Gasteiger partial charge on any atom is -0.477 e. The third-order valence-electron chi connectivity index (χ3n) is 6.02. The van der Waals surface area contributed by atoms with Gasteiger partial charge in [-0.25, -0.2) is 13.2 Å². The molecule has 0 aliphatic carbocycles.